The average Bonchev–Trinajstić information content (AvgIpc) is 3.27. The number of pyridine rings is 1. The summed E-state index contributed by atoms with van der Waals surface area (Å²) in [6.07, 6.45) is 4.80. The highest BCUT2D eigenvalue weighted by Crippen LogP contribution is 2.36. The van der Waals surface area contributed by atoms with E-state index in [1.165, 1.54) is 0 Å². The smallest absolute Gasteiger partial charge is 0.216 e. The Morgan fingerprint density at radius 1 is 1.03 bits per heavy atom. The Labute approximate surface area is 211 Å². The molecule has 1 atom stereocenters. The normalized spacial score (nSPS) is 15.4. The van der Waals surface area contributed by atoms with Crippen molar-refractivity contribution in [1.82, 2.24) is 25.0 Å². The molecule has 2 aromatic heterocycles. The van der Waals surface area contributed by atoms with Crippen LogP contribution in [0.5, 0.6) is 5.75 Å². The lowest BCUT2D eigenvalue weighted by Crippen LogP contribution is -2.40. The molecule has 4 aromatic rings. The first-order valence-corrected chi connectivity index (χ1v) is 12.4. The van der Waals surface area contributed by atoms with Crippen LogP contribution >= 0.6 is 0 Å². The second-order valence-corrected chi connectivity index (χ2v) is 9.04. The molecule has 3 heterocycles. The summed E-state index contributed by atoms with van der Waals surface area (Å²) in [4.78, 5) is 21.3. The van der Waals surface area contributed by atoms with E-state index in [4.69, 9.17) is 9.84 Å². The van der Waals surface area contributed by atoms with Gasteiger partial charge < -0.3 is 15.0 Å². The van der Waals surface area contributed by atoms with Crippen LogP contribution in [0.4, 0.5) is 5.69 Å². The van der Waals surface area contributed by atoms with Crippen LogP contribution in [0.15, 0.2) is 73.1 Å². The summed E-state index contributed by atoms with van der Waals surface area (Å²) >= 11 is 0. The number of hydrogen-bond donors (Lipinski definition) is 1. The van der Waals surface area contributed by atoms with E-state index in [0.29, 0.717) is 6.54 Å². The molecule has 5 rings (SSSR count). The summed E-state index contributed by atoms with van der Waals surface area (Å²) < 4.78 is 7.64. The molecule has 0 radical (unpaired) electrons. The van der Waals surface area contributed by atoms with E-state index >= 15 is 0 Å². The Morgan fingerprint density at radius 2 is 1.89 bits per heavy atom. The Kier molecular flexibility index (Phi) is 7.13. The van der Waals surface area contributed by atoms with Crippen molar-refractivity contribution < 1.29 is 9.53 Å². The molecule has 0 aliphatic carbocycles. The van der Waals surface area contributed by atoms with Gasteiger partial charge in [-0.15, -0.1) is 0 Å². The minimum atomic E-state index is -0.0366. The second-order valence-electron chi connectivity index (χ2n) is 9.04. The number of fused-ring (bicyclic) bond motifs is 1. The lowest BCUT2D eigenvalue weighted by Gasteiger charge is -2.30. The molecule has 186 valence electrons. The van der Waals surface area contributed by atoms with Gasteiger partial charge in [0.1, 0.15) is 11.4 Å². The van der Waals surface area contributed by atoms with E-state index in [-0.39, 0.29) is 11.9 Å². The first-order chi connectivity index (χ1) is 17.6. The molecule has 1 unspecified atom stereocenters. The van der Waals surface area contributed by atoms with Crippen molar-refractivity contribution in [1.29, 1.82) is 0 Å². The number of hydrogen-bond acceptors (Lipinski definition) is 6. The number of carbonyl (C=O) groups excluding carboxylic acids is 1. The number of ether oxygens (including phenoxy) is 1. The van der Waals surface area contributed by atoms with Gasteiger partial charge in [0.2, 0.25) is 5.91 Å². The van der Waals surface area contributed by atoms with Crippen LogP contribution in [0.3, 0.4) is 0 Å². The summed E-state index contributed by atoms with van der Waals surface area (Å²) in [5.41, 5.74) is 3.97. The highest BCUT2D eigenvalue weighted by molar-refractivity contribution is 5.94. The zero-order valence-electron chi connectivity index (χ0n) is 20.8. The molecule has 8 nitrogen and oxygen atoms in total. The highest BCUT2D eigenvalue weighted by atomic mass is 16.5. The minimum Gasteiger partial charge on any atom is -0.494 e. The van der Waals surface area contributed by atoms with Crippen molar-refractivity contribution in [2.75, 3.05) is 44.7 Å². The Hall–Kier alpha value is -3.91. The predicted molar refractivity (Wildman–Crippen MR) is 142 cm³/mol. The fourth-order valence-electron chi connectivity index (χ4n) is 4.96. The molecule has 1 N–H and O–H groups in total. The number of aromatic nitrogens is 3. The van der Waals surface area contributed by atoms with Crippen molar-refractivity contribution in [3.05, 3.63) is 78.8 Å². The van der Waals surface area contributed by atoms with E-state index in [1.807, 2.05) is 59.5 Å². The largest absolute Gasteiger partial charge is 0.494 e. The van der Waals surface area contributed by atoms with Crippen LogP contribution in [-0.2, 0) is 4.79 Å². The van der Waals surface area contributed by atoms with E-state index in [1.54, 1.807) is 14.0 Å². The van der Waals surface area contributed by atoms with Gasteiger partial charge in [0.05, 0.1) is 30.0 Å². The second kappa shape index (κ2) is 10.8. The van der Waals surface area contributed by atoms with Crippen molar-refractivity contribution >= 4 is 22.5 Å². The van der Waals surface area contributed by atoms with Gasteiger partial charge in [0.15, 0.2) is 0 Å². The summed E-state index contributed by atoms with van der Waals surface area (Å²) in [6, 6.07) is 20.2. The molecule has 8 heteroatoms. The van der Waals surface area contributed by atoms with Crippen molar-refractivity contribution in [3.8, 4) is 11.4 Å². The number of anilines is 1. The zero-order valence-corrected chi connectivity index (χ0v) is 20.8. The number of benzene rings is 2. The number of methoxy groups -OCH3 is 1. The van der Waals surface area contributed by atoms with E-state index in [0.717, 1.165) is 66.3 Å². The third kappa shape index (κ3) is 5.04. The molecule has 1 fully saturated rings. The van der Waals surface area contributed by atoms with Gasteiger partial charge in [-0.1, -0.05) is 24.3 Å². The summed E-state index contributed by atoms with van der Waals surface area (Å²) in [7, 11) is 1.71. The van der Waals surface area contributed by atoms with E-state index in [2.05, 4.69) is 38.3 Å². The van der Waals surface area contributed by atoms with Crippen LogP contribution in [0, 0.1) is 0 Å². The number of rotatable bonds is 7. The summed E-state index contributed by atoms with van der Waals surface area (Å²) in [6.45, 7) is 5.52. The molecule has 1 aliphatic heterocycles. The number of carbonyl (C=O) groups is 1. The molecule has 1 aliphatic rings. The molecule has 1 amide bonds. The molecule has 1 saturated heterocycles. The van der Waals surface area contributed by atoms with Crippen LogP contribution in [0.1, 0.15) is 25.1 Å². The molecule has 36 heavy (non-hydrogen) atoms. The zero-order chi connectivity index (χ0) is 24.9. The van der Waals surface area contributed by atoms with E-state index in [9.17, 15) is 4.79 Å². The standard InChI is InChI=1S/C28H32N6O2/c1-21(35)30-20-25(24-13-17-34(31-24)23-9-4-3-5-10-23)32-15-7-16-33(19-18-32)28-26(36-2)12-11-22-8-6-14-29-27(22)28/h3-6,8-14,17,25H,7,15-16,18-20H2,1-2H3,(H,30,35). The van der Waals surface area contributed by atoms with Gasteiger partial charge >= 0.3 is 0 Å². The van der Waals surface area contributed by atoms with Crippen molar-refractivity contribution in [2.24, 2.45) is 0 Å². The summed E-state index contributed by atoms with van der Waals surface area (Å²) in [5, 5.41) is 9.01. The average molecular weight is 485 g/mol. The van der Waals surface area contributed by atoms with Crippen LogP contribution < -0.4 is 15.0 Å². The predicted octanol–water partition coefficient (Wildman–Crippen LogP) is 3.82. The quantitative estimate of drug-likeness (QED) is 0.430. The third-order valence-electron chi connectivity index (χ3n) is 6.73. The van der Waals surface area contributed by atoms with Crippen LogP contribution in [0.25, 0.3) is 16.6 Å². The molecule has 0 bridgehead atoms. The van der Waals surface area contributed by atoms with Gasteiger partial charge in [0.25, 0.3) is 0 Å². The topological polar surface area (TPSA) is 75.5 Å². The van der Waals surface area contributed by atoms with Crippen LogP contribution in [0.2, 0.25) is 0 Å². The van der Waals surface area contributed by atoms with Gasteiger partial charge in [-0.25, -0.2) is 4.68 Å². The first-order valence-electron chi connectivity index (χ1n) is 12.4. The maximum Gasteiger partial charge on any atom is 0.216 e. The van der Waals surface area contributed by atoms with E-state index < -0.39 is 0 Å². The van der Waals surface area contributed by atoms with Crippen molar-refractivity contribution in [3.63, 3.8) is 0 Å². The number of nitrogens with one attached hydrogen (secondary N) is 1. The molecule has 0 spiro atoms. The molecular formula is C28H32N6O2. The SMILES string of the molecule is COc1ccc2cccnc2c1N1CCCN(C(CNC(C)=O)c2ccn(-c3ccccc3)n2)CC1. The minimum absolute atomic E-state index is 0.0219. The first kappa shape index (κ1) is 23.8. The Bertz CT molecular complexity index is 1320. The Balaban J connectivity index is 1.40. The van der Waals surface area contributed by atoms with Crippen LogP contribution in [-0.4, -0.2) is 65.4 Å². The maximum absolute atomic E-state index is 11.8. The maximum atomic E-state index is 11.8. The highest BCUT2D eigenvalue weighted by Gasteiger charge is 2.27. The summed E-state index contributed by atoms with van der Waals surface area (Å²) in [5.74, 6) is 0.802. The third-order valence-corrected chi connectivity index (χ3v) is 6.73. The van der Waals surface area contributed by atoms with Crippen molar-refractivity contribution in [2.45, 2.75) is 19.4 Å². The van der Waals surface area contributed by atoms with Gasteiger partial charge in [-0.05, 0) is 42.8 Å². The van der Waals surface area contributed by atoms with Gasteiger partial charge in [0, 0.05) is 57.4 Å². The van der Waals surface area contributed by atoms with Gasteiger partial charge in [-0.3, -0.25) is 14.7 Å². The number of para-hydroxylation sites is 1. The fraction of sp³-hybridized carbons (Fsp3) is 0.321. The molecule has 2 aromatic carbocycles. The number of amides is 1. The van der Waals surface area contributed by atoms with Gasteiger partial charge in [-0.2, -0.15) is 5.10 Å². The lowest BCUT2D eigenvalue weighted by molar-refractivity contribution is -0.119. The molecule has 0 saturated carbocycles. The molecular weight excluding hydrogens is 452 g/mol. The fourth-order valence-corrected chi connectivity index (χ4v) is 4.96. The Morgan fingerprint density at radius 3 is 2.69 bits per heavy atom. The monoisotopic (exact) mass is 484 g/mol. The number of nitrogens with zero attached hydrogens (tertiary/aromatic N) is 5. The lowest BCUT2D eigenvalue weighted by atomic mass is 10.1.